The normalized spacial score (nSPS) is 13.9. The van der Waals surface area contributed by atoms with Gasteiger partial charge in [-0.2, -0.15) is 0 Å². The summed E-state index contributed by atoms with van der Waals surface area (Å²) in [5.41, 5.74) is 3.92. The number of nitrogens with zero attached hydrogens (tertiary/aromatic N) is 3. The molecule has 1 aliphatic heterocycles. The largest absolute Gasteiger partial charge is 0.457 e. The first-order chi connectivity index (χ1) is 15.7. The molecule has 0 spiro atoms. The van der Waals surface area contributed by atoms with Crippen LogP contribution in [0.25, 0.3) is 0 Å². The van der Waals surface area contributed by atoms with Crippen LogP contribution in [0.2, 0.25) is 0 Å². The summed E-state index contributed by atoms with van der Waals surface area (Å²) in [7, 11) is 0. The Morgan fingerprint density at radius 3 is 2.66 bits per heavy atom. The van der Waals surface area contributed by atoms with Gasteiger partial charge in [-0.25, -0.2) is 9.78 Å². The molecule has 3 amide bonds. The fourth-order valence-corrected chi connectivity index (χ4v) is 4.47. The van der Waals surface area contributed by atoms with Gasteiger partial charge in [0.15, 0.2) is 5.13 Å². The molecular weight excluding hydrogens is 448 g/mol. The lowest BCUT2D eigenvalue weighted by Crippen LogP contribution is -2.20. The Bertz CT molecular complexity index is 1260. The Balaban J connectivity index is 1.38. The molecule has 1 atom stereocenters. The number of para-hydroxylation sites is 1. The van der Waals surface area contributed by atoms with E-state index in [1.165, 1.54) is 22.7 Å². The number of hydrogen-bond donors (Lipinski definition) is 3. The summed E-state index contributed by atoms with van der Waals surface area (Å²) in [6.07, 6.45) is 1.83. The third-order valence-corrected chi connectivity index (χ3v) is 6.11. The van der Waals surface area contributed by atoms with E-state index in [4.69, 9.17) is 4.74 Å². The number of amides is 3. The predicted octanol–water partition coefficient (Wildman–Crippen LogP) is 4.91. The lowest BCUT2D eigenvalue weighted by molar-refractivity contribution is -0.116. The van der Waals surface area contributed by atoms with Crippen LogP contribution in [-0.2, 0) is 4.79 Å². The zero-order valence-corrected chi connectivity index (χ0v) is 18.1. The molecule has 0 saturated heterocycles. The summed E-state index contributed by atoms with van der Waals surface area (Å²) in [6, 6.07) is 12.6. The third-order valence-electron chi connectivity index (χ3n) is 4.81. The molecule has 160 valence electrons. The highest BCUT2D eigenvalue weighted by Crippen LogP contribution is 2.46. The SMILES string of the molecule is O=C(CC1c2ccccc2Oc2cc(NC(=O)Nc3nccs3)ccc21)Nc1nncs1. The molecule has 0 bridgehead atoms. The molecule has 5 rings (SSSR count). The van der Waals surface area contributed by atoms with E-state index in [0.717, 1.165) is 11.1 Å². The van der Waals surface area contributed by atoms with Gasteiger partial charge < -0.3 is 15.4 Å². The van der Waals surface area contributed by atoms with E-state index in [9.17, 15) is 9.59 Å². The number of carbonyl (C=O) groups excluding carboxylic acids is 2. The summed E-state index contributed by atoms with van der Waals surface area (Å²) in [5, 5.41) is 18.6. The molecule has 3 heterocycles. The molecule has 2 aromatic heterocycles. The van der Waals surface area contributed by atoms with Gasteiger partial charge in [0.2, 0.25) is 11.0 Å². The first-order valence-corrected chi connectivity index (χ1v) is 11.4. The number of ether oxygens (including phenoxy) is 1. The van der Waals surface area contributed by atoms with Gasteiger partial charge in [0.25, 0.3) is 0 Å². The second kappa shape index (κ2) is 8.73. The summed E-state index contributed by atoms with van der Waals surface area (Å²) in [5.74, 6) is 0.892. The van der Waals surface area contributed by atoms with Crippen LogP contribution in [0.15, 0.2) is 59.6 Å². The van der Waals surface area contributed by atoms with E-state index in [2.05, 4.69) is 31.1 Å². The molecule has 0 fully saturated rings. The molecule has 32 heavy (non-hydrogen) atoms. The number of carbonyl (C=O) groups is 2. The van der Waals surface area contributed by atoms with Gasteiger partial charge in [-0.1, -0.05) is 35.6 Å². The number of benzene rings is 2. The first-order valence-electron chi connectivity index (χ1n) is 9.60. The van der Waals surface area contributed by atoms with Crippen LogP contribution in [0.5, 0.6) is 11.5 Å². The summed E-state index contributed by atoms with van der Waals surface area (Å²) in [6.45, 7) is 0. The highest BCUT2D eigenvalue weighted by Gasteiger charge is 2.29. The third kappa shape index (κ3) is 4.29. The van der Waals surface area contributed by atoms with E-state index in [0.29, 0.717) is 27.4 Å². The molecule has 1 aliphatic rings. The fraction of sp³-hybridized carbons (Fsp3) is 0.0952. The number of urea groups is 1. The minimum Gasteiger partial charge on any atom is -0.457 e. The monoisotopic (exact) mass is 464 g/mol. The van der Waals surface area contributed by atoms with Gasteiger partial charge in [0.05, 0.1) is 0 Å². The van der Waals surface area contributed by atoms with Gasteiger partial charge in [-0.05, 0) is 12.1 Å². The number of nitrogens with one attached hydrogen (secondary N) is 3. The molecule has 0 aliphatic carbocycles. The number of thiazole rings is 1. The minimum atomic E-state index is -0.399. The van der Waals surface area contributed by atoms with E-state index >= 15 is 0 Å². The van der Waals surface area contributed by atoms with Crippen molar-refractivity contribution < 1.29 is 14.3 Å². The van der Waals surface area contributed by atoms with Gasteiger partial charge in [-0.15, -0.1) is 21.5 Å². The Kier molecular flexibility index (Phi) is 5.48. The number of rotatable bonds is 5. The second-order valence-electron chi connectivity index (χ2n) is 6.86. The quantitative estimate of drug-likeness (QED) is 0.386. The van der Waals surface area contributed by atoms with E-state index in [-0.39, 0.29) is 18.2 Å². The molecule has 0 radical (unpaired) electrons. The maximum absolute atomic E-state index is 12.7. The fourth-order valence-electron chi connectivity index (χ4n) is 3.48. The average Bonchev–Trinajstić information content (AvgIpc) is 3.48. The van der Waals surface area contributed by atoms with Crippen molar-refractivity contribution >= 4 is 50.6 Å². The Morgan fingerprint density at radius 1 is 0.969 bits per heavy atom. The molecule has 1 unspecified atom stereocenters. The zero-order valence-electron chi connectivity index (χ0n) is 16.4. The zero-order chi connectivity index (χ0) is 21.9. The van der Waals surface area contributed by atoms with Crippen LogP contribution in [0.3, 0.4) is 0 Å². The van der Waals surface area contributed by atoms with Crippen molar-refractivity contribution in [3.63, 3.8) is 0 Å². The average molecular weight is 465 g/mol. The Morgan fingerprint density at radius 2 is 1.84 bits per heavy atom. The maximum Gasteiger partial charge on any atom is 0.325 e. The summed E-state index contributed by atoms with van der Waals surface area (Å²) < 4.78 is 6.09. The van der Waals surface area contributed by atoms with Gasteiger partial charge in [-0.3, -0.25) is 10.1 Å². The molecule has 4 aromatic rings. The van der Waals surface area contributed by atoms with Crippen molar-refractivity contribution in [1.82, 2.24) is 15.2 Å². The Hall–Kier alpha value is -3.83. The van der Waals surface area contributed by atoms with Crippen molar-refractivity contribution in [2.75, 3.05) is 16.0 Å². The number of aromatic nitrogens is 3. The molecule has 3 N–H and O–H groups in total. The van der Waals surface area contributed by atoms with Crippen molar-refractivity contribution in [3.8, 4) is 11.5 Å². The van der Waals surface area contributed by atoms with Crippen molar-refractivity contribution in [3.05, 3.63) is 70.7 Å². The second-order valence-corrected chi connectivity index (χ2v) is 8.59. The van der Waals surface area contributed by atoms with Crippen molar-refractivity contribution in [2.24, 2.45) is 0 Å². The minimum absolute atomic E-state index is 0.167. The van der Waals surface area contributed by atoms with Crippen LogP contribution < -0.4 is 20.7 Å². The predicted molar refractivity (Wildman–Crippen MR) is 123 cm³/mol. The summed E-state index contributed by atoms with van der Waals surface area (Å²) >= 11 is 2.60. The van der Waals surface area contributed by atoms with Gasteiger partial charge in [0, 0.05) is 46.8 Å². The summed E-state index contributed by atoms with van der Waals surface area (Å²) in [4.78, 5) is 29.0. The molecular formula is C21H16N6O3S2. The Labute approximate surface area is 190 Å². The van der Waals surface area contributed by atoms with E-state index in [1.54, 1.807) is 29.2 Å². The topological polar surface area (TPSA) is 118 Å². The van der Waals surface area contributed by atoms with Crippen LogP contribution in [0.4, 0.5) is 20.7 Å². The molecule has 9 nitrogen and oxygen atoms in total. The van der Waals surface area contributed by atoms with Gasteiger partial charge >= 0.3 is 6.03 Å². The number of hydrogen-bond acceptors (Lipinski definition) is 8. The number of anilines is 3. The maximum atomic E-state index is 12.7. The standard InChI is InChI=1S/C21H16N6O3S2/c28-18(25-21-27-23-11-32-21)10-15-13-3-1-2-4-16(13)30-17-9-12(5-6-14(15)17)24-19(29)26-20-22-7-8-31-20/h1-9,11,15H,10H2,(H,25,27,28)(H2,22,24,26,29). The van der Waals surface area contributed by atoms with Crippen LogP contribution >= 0.6 is 22.7 Å². The van der Waals surface area contributed by atoms with Crippen molar-refractivity contribution in [1.29, 1.82) is 0 Å². The van der Waals surface area contributed by atoms with E-state index in [1.807, 2.05) is 30.3 Å². The molecule has 0 saturated carbocycles. The van der Waals surface area contributed by atoms with Crippen molar-refractivity contribution in [2.45, 2.75) is 12.3 Å². The first kappa shape index (κ1) is 20.1. The number of fused-ring (bicyclic) bond motifs is 2. The van der Waals surface area contributed by atoms with E-state index < -0.39 is 6.03 Å². The lowest BCUT2D eigenvalue weighted by Gasteiger charge is -2.28. The van der Waals surface area contributed by atoms with Crippen LogP contribution in [0, 0.1) is 0 Å². The van der Waals surface area contributed by atoms with Gasteiger partial charge in [0.1, 0.15) is 17.0 Å². The highest BCUT2D eigenvalue weighted by molar-refractivity contribution is 7.14. The van der Waals surface area contributed by atoms with Crippen LogP contribution in [-0.4, -0.2) is 27.1 Å². The van der Waals surface area contributed by atoms with Crippen LogP contribution in [0.1, 0.15) is 23.5 Å². The smallest absolute Gasteiger partial charge is 0.325 e. The highest BCUT2D eigenvalue weighted by atomic mass is 32.1. The molecule has 2 aromatic carbocycles. The lowest BCUT2D eigenvalue weighted by atomic mass is 9.85. The molecule has 11 heteroatoms.